The molecule has 0 radical (unpaired) electrons. The fourth-order valence-electron chi connectivity index (χ4n) is 3.14. The van der Waals surface area contributed by atoms with Crippen LogP contribution in [0.25, 0.3) is 0 Å². The number of carbonyl (C=O) groups is 2. The van der Waals surface area contributed by atoms with Crippen LogP contribution in [-0.4, -0.2) is 34.5 Å². The molecular formula is C22H25ClN6O5. The zero-order valence-corrected chi connectivity index (χ0v) is 20.0. The molecule has 12 heteroatoms. The number of fused-ring (bicyclic) bond motifs is 1. The molecule has 0 unspecified atom stereocenters. The molecule has 0 fully saturated rings. The summed E-state index contributed by atoms with van der Waals surface area (Å²) in [5.41, 5.74) is 4.17. The van der Waals surface area contributed by atoms with Crippen molar-refractivity contribution >= 4 is 35.0 Å². The van der Waals surface area contributed by atoms with Crippen LogP contribution in [0.4, 0.5) is 10.5 Å². The fourth-order valence-corrected chi connectivity index (χ4v) is 3.44. The first-order valence-corrected chi connectivity index (χ1v) is 11.0. The van der Waals surface area contributed by atoms with Crippen molar-refractivity contribution in [3.63, 3.8) is 0 Å². The first kappa shape index (κ1) is 26.3. The van der Waals surface area contributed by atoms with E-state index in [0.29, 0.717) is 41.3 Å². The number of aromatic nitrogens is 2. The largest absolute Gasteiger partial charge is 0.450 e. The lowest BCUT2D eigenvalue weighted by molar-refractivity contribution is -0.114. The average Bonchev–Trinajstić information content (AvgIpc) is 3.31. The minimum absolute atomic E-state index is 0.0694. The maximum Gasteiger partial charge on any atom is 0.414 e. The summed E-state index contributed by atoms with van der Waals surface area (Å²) in [5.74, 6) is -0.377. The summed E-state index contributed by atoms with van der Waals surface area (Å²) in [6.07, 6.45) is 1.22. The summed E-state index contributed by atoms with van der Waals surface area (Å²) >= 11 is 6.36. The van der Waals surface area contributed by atoms with Crippen LogP contribution in [0.15, 0.2) is 22.0 Å². The summed E-state index contributed by atoms with van der Waals surface area (Å²) < 4.78 is 10.5. The van der Waals surface area contributed by atoms with Gasteiger partial charge in [0.05, 0.1) is 17.3 Å². The van der Waals surface area contributed by atoms with Gasteiger partial charge in [0.1, 0.15) is 6.07 Å². The Labute approximate surface area is 201 Å². The molecule has 1 heterocycles. The van der Waals surface area contributed by atoms with E-state index >= 15 is 0 Å². The van der Waals surface area contributed by atoms with Crippen molar-refractivity contribution in [2.75, 3.05) is 12.0 Å². The van der Waals surface area contributed by atoms with Crippen LogP contribution in [0.5, 0.6) is 11.6 Å². The van der Waals surface area contributed by atoms with Gasteiger partial charge in [0.15, 0.2) is 5.75 Å². The second kappa shape index (κ2) is 12.4. The normalized spacial score (nSPS) is 11.9. The van der Waals surface area contributed by atoms with Crippen LogP contribution in [0.1, 0.15) is 43.9 Å². The summed E-state index contributed by atoms with van der Waals surface area (Å²) in [7, 11) is 0. The fraction of sp³-hybridized carbons (Fsp3) is 0.364. The van der Waals surface area contributed by atoms with Crippen molar-refractivity contribution in [2.45, 2.75) is 47.0 Å². The molecule has 1 aliphatic rings. The summed E-state index contributed by atoms with van der Waals surface area (Å²) in [6, 6.07) is 4.71. The molecule has 3 rings (SSSR count). The van der Waals surface area contributed by atoms with Gasteiger partial charge in [-0.1, -0.05) is 25.4 Å². The van der Waals surface area contributed by atoms with Crippen LogP contribution in [0, 0.1) is 18.3 Å². The molecule has 1 aromatic carbocycles. The highest BCUT2D eigenvalue weighted by molar-refractivity contribution is 6.46. The van der Waals surface area contributed by atoms with E-state index in [-0.39, 0.29) is 17.2 Å². The number of halogens is 1. The Hall–Kier alpha value is -3.91. The highest BCUT2D eigenvalue weighted by Crippen LogP contribution is 2.37. The first-order valence-electron chi connectivity index (χ1n) is 10.6. The Morgan fingerprint density at radius 2 is 2.00 bits per heavy atom. The molecule has 1 aromatic heterocycles. The molecule has 34 heavy (non-hydrogen) atoms. The number of aryl methyl sites for hydroxylation is 1. The van der Waals surface area contributed by atoms with E-state index in [9.17, 15) is 14.4 Å². The van der Waals surface area contributed by atoms with Gasteiger partial charge in [-0.15, -0.1) is 5.10 Å². The topological polar surface area (TPSA) is 159 Å². The Kier molecular flexibility index (Phi) is 9.58. The maximum atomic E-state index is 11.9. The van der Waals surface area contributed by atoms with E-state index in [1.54, 1.807) is 26.0 Å². The van der Waals surface area contributed by atoms with Gasteiger partial charge in [-0.05, 0) is 50.8 Å². The van der Waals surface area contributed by atoms with Gasteiger partial charge in [-0.2, -0.15) is 10.4 Å². The molecule has 0 spiro atoms. The highest BCUT2D eigenvalue weighted by atomic mass is 35.5. The number of amides is 2. The second-order valence-electron chi connectivity index (χ2n) is 6.73. The lowest BCUT2D eigenvalue weighted by Crippen LogP contribution is -2.36. The number of nitrogens with zero attached hydrogens (tertiary/aromatic N) is 3. The summed E-state index contributed by atoms with van der Waals surface area (Å²) in [5, 5.41) is 21.4. The second-order valence-corrected chi connectivity index (χ2v) is 7.14. The van der Waals surface area contributed by atoms with E-state index in [1.807, 2.05) is 19.2 Å². The van der Waals surface area contributed by atoms with Gasteiger partial charge in [0.2, 0.25) is 11.6 Å². The van der Waals surface area contributed by atoms with Crippen LogP contribution in [0.3, 0.4) is 0 Å². The minimum Gasteiger partial charge on any atom is -0.450 e. The standard InChI is InChI=1S/C20H19ClN6O5.C2H6/c1-3-31-20(30)23-18(29)15(9-22)25-24-11-7-10(2)16(14(21)8-11)32-19-13-6-4-5-12(13)17(28)26-27-19;1-2/h7-8,24H,3-6H2,1-2H3,(H,26,28)(H,23,29,30);1-2H3/b25-15+;. The molecule has 3 N–H and O–H groups in total. The van der Waals surface area contributed by atoms with Crippen molar-refractivity contribution in [1.82, 2.24) is 15.5 Å². The quantitative estimate of drug-likeness (QED) is 0.410. The number of benzene rings is 1. The van der Waals surface area contributed by atoms with Crippen molar-refractivity contribution in [2.24, 2.45) is 5.10 Å². The zero-order chi connectivity index (χ0) is 25.3. The van der Waals surface area contributed by atoms with Crippen molar-refractivity contribution < 1.29 is 19.1 Å². The lowest BCUT2D eigenvalue weighted by Gasteiger charge is -2.13. The molecule has 1 aliphatic carbocycles. The van der Waals surface area contributed by atoms with Crippen LogP contribution in [0.2, 0.25) is 5.02 Å². The summed E-state index contributed by atoms with van der Waals surface area (Å²) in [4.78, 5) is 35.1. The third-order valence-corrected chi connectivity index (χ3v) is 4.83. The van der Waals surface area contributed by atoms with Crippen molar-refractivity contribution in [3.8, 4) is 17.7 Å². The Morgan fingerprint density at radius 1 is 1.29 bits per heavy atom. The lowest BCUT2D eigenvalue weighted by atomic mass is 10.2. The van der Waals surface area contributed by atoms with Gasteiger partial charge in [-0.3, -0.25) is 20.3 Å². The number of nitrogens with one attached hydrogen (secondary N) is 3. The Bertz CT molecular complexity index is 1180. The number of imide groups is 1. The number of aromatic amines is 1. The van der Waals surface area contributed by atoms with Gasteiger partial charge in [0, 0.05) is 11.1 Å². The molecule has 11 nitrogen and oxygen atoms in total. The van der Waals surface area contributed by atoms with E-state index in [0.717, 1.165) is 12.0 Å². The van der Waals surface area contributed by atoms with Crippen LogP contribution < -0.4 is 21.0 Å². The van der Waals surface area contributed by atoms with Gasteiger partial charge >= 0.3 is 6.09 Å². The number of nitriles is 1. The number of hydrogen-bond donors (Lipinski definition) is 3. The number of alkyl carbamates (subject to hydrolysis) is 1. The molecule has 0 saturated heterocycles. The summed E-state index contributed by atoms with van der Waals surface area (Å²) in [6.45, 7) is 7.38. The smallest absolute Gasteiger partial charge is 0.414 e. The van der Waals surface area contributed by atoms with E-state index < -0.39 is 17.7 Å². The first-order chi connectivity index (χ1) is 16.3. The number of rotatable bonds is 6. The average molecular weight is 489 g/mol. The predicted octanol–water partition coefficient (Wildman–Crippen LogP) is 3.60. The van der Waals surface area contributed by atoms with Gasteiger partial charge < -0.3 is 9.47 Å². The Morgan fingerprint density at radius 3 is 2.65 bits per heavy atom. The third kappa shape index (κ3) is 6.32. The molecular weight excluding hydrogens is 464 g/mol. The van der Waals surface area contributed by atoms with E-state index in [1.165, 1.54) is 6.07 Å². The monoisotopic (exact) mass is 488 g/mol. The number of ether oxygens (including phenoxy) is 2. The number of H-pyrrole nitrogens is 1. The SMILES string of the molecule is CC.CCOC(=O)NC(=O)/C(C#N)=N/Nc1cc(C)c(Oc2n[nH]c(=O)c3c2CCC3)c(Cl)c1. The predicted molar refractivity (Wildman–Crippen MR) is 126 cm³/mol. The van der Waals surface area contributed by atoms with Crippen molar-refractivity contribution in [3.05, 3.63) is 44.2 Å². The molecule has 0 aliphatic heterocycles. The van der Waals surface area contributed by atoms with E-state index in [2.05, 4.69) is 25.5 Å². The number of hydrogen-bond acceptors (Lipinski definition) is 9. The van der Waals surface area contributed by atoms with Gasteiger partial charge in [-0.25, -0.2) is 9.89 Å². The molecule has 2 amide bonds. The molecule has 0 bridgehead atoms. The maximum absolute atomic E-state index is 11.9. The van der Waals surface area contributed by atoms with E-state index in [4.69, 9.17) is 21.6 Å². The number of carbonyl (C=O) groups excluding carboxylic acids is 2. The molecule has 0 saturated carbocycles. The Balaban J connectivity index is 0.00000199. The highest BCUT2D eigenvalue weighted by Gasteiger charge is 2.22. The van der Waals surface area contributed by atoms with Crippen LogP contribution in [-0.2, 0) is 22.4 Å². The minimum atomic E-state index is -1.01. The van der Waals surface area contributed by atoms with Crippen molar-refractivity contribution in [1.29, 1.82) is 5.26 Å². The molecule has 2 aromatic rings. The third-order valence-electron chi connectivity index (χ3n) is 4.55. The van der Waals surface area contributed by atoms with Gasteiger partial charge in [0.25, 0.3) is 11.5 Å². The number of anilines is 1. The van der Waals surface area contributed by atoms with Crippen LogP contribution >= 0.6 is 11.6 Å². The molecule has 180 valence electrons. The zero-order valence-electron chi connectivity index (χ0n) is 19.2. The number of hydrazone groups is 1. The molecule has 0 atom stereocenters.